The quantitative estimate of drug-likeness (QED) is 0.696. The van der Waals surface area contributed by atoms with Gasteiger partial charge in [-0.2, -0.15) is 0 Å². The van der Waals surface area contributed by atoms with Gasteiger partial charge >= 0.3 is 0 Å². The lowest BCUT2D eigenvalue weighted by Gasteiger charge is -2.27. The second-order valence-electron chi connectivity index (χ2n) is 6.03. The number of aliphatic hydroxyl groups is 1. The Labute approximate surface area is 112 Å². The van der Waals surface area contributed by atoms with Crippen molar-refractivity contribution >= 4 is 5.91 Å². The standard InChI is InChI=1S/C14H30N2O2/c1-7-12(16(5)6)13(17)15-10-14(4,18)9-8-11(2)3/h11-12,18H,7-10H2,1-6H3,(H,15,17). The molecule has 0 aromatic rings. The highest BCUT2D eigenvalue weighted by atomic mass is 16.3. The smallest absolute Gasteiger partial charge is 0.237 e. The maximum Gasteiger partial charge on any atom is 0.237 e. The predicted molar refractivity (Wildman–Crippen MR) is 75.5 cm³/mol. The number of rotatable bonds is 8. The minimum atomic E-state index is -0.815. The molecule has 0 heterocycles. The van der Waals surface area contributed by atoms with E-state index in [0.717, 1.165) is 12.8 Å². The first-order valence-corrected chi connectivity index (χ1v) is 6.86. The molecule has 0 aliphatic heterocycles. The van der Waals surface area contributed by atoms with Gasteiger partial charge in [0.15, 0.2) is 0 Å². The van der Waals surface area contributed by atoms with Gasteiger partial charge in [-0.3, -0.25) is 9.69 Å². The Hall–Kier alpha value is -0.610. The summed E-state index contributed by atoms with van der Waals surface area (Å²) in [5, 5.41) is 13.0. The molecule has 4 heteroatoms. The fourth-order valence-electron chi connectivity index (χ4n) is 1.87. The van der Waals surface area contributed by atoms with Crippen molar-refractivity contribution in [1.29, 1.82) is 0 Å². The molecule has 0 fully saturated rings. The minimum absolute atomic E-state index is 0.00711. The molecule has 0 radical (unpaired) electrons. The zero-order chi connectivity index (χ0) is 14.3. The highest BCUT2D eigenvalue weighted by Gasteiger charge is 2.24. The number of hydrogen-bond donors (Lipinski definition) is 2. The molecule has 2 atom stereocenters. The number of nitrogens with zero attached hydrogens (tertiary/aromatic N) is 1. The Balaban J connectivity index is 4.17. The van der Waals surface area contributed by atoms with Crippen LogP contribution in [0.4, 0.5) is 0 Å². The van der Waals surface area contributed by atoms with Crippen LogP contribution in [0.3, 0.4) is 0 Å². The van der Waals surface area contributed by atoms with Crippen molar-refractivity contribution < 1.29 is 9.90 Å². The summed E-state index contributed by atoms with van der Waals surface area (Å²) in [6, 6.07) is -0.120. The van der Waals surface area contributed by atoms with Crippen LogP contribution in [0.15, 0.2) is 0 Å². The molecular formula is C14H30N2O2. The van der Waals surface area contributed by atoms with Crippen LogP contribution >= 0.6 is 0 Å². The molecule has 0 spiro atoms. The van der Waals surface area contributed by atoms with Gasteiger partial charge in [0.1, 0.15) is 0 Å². The first-order valence-electron chi connectivity index (χ1n) is 6.86. The van der Waals surface area contributed by atoms with Crippen LogP contribution in [0.2, 0.25) is 0 Å². The van der Waals surface area contributed by atoms with E-state index in [9.17, 15) is 9.90 Å². The summed E-state index contributed by atoms with van der Waals surface area (Å²) in [5.41, 5.74) is -0.815. The van der Waals surface area contributed by atoms with Crippen molar-refractivity contribution in [1.82, 2.24) is 10.2 Å². The fraction of sp³-hybridized carbons (Fsp3) is 0.929. The Morgan fingerprint density at radius 2 is 1.94 bits per heavy atom. The van der Waals surface area contributed by atoms with Crippen LogP contribution in [0.25, 0.3) is 0 Å². The summed E-state index contributed by atoms with van der Waals surface area (Å²) in [7, 11) is 3.79. The average molecular weight is 258 g/mol. The van der Waals surface area contributed by atoms with E-state index in [1.807, 2.05) is 25.9 Å². The predicted octanol–water partition coefficient (Wildman–Crippen LogP) is 1.63. The van der Waals surface area contributed by atoms with Gasteiger partial charge in [0, 0.05) is 6.54 Å². The lowest BCUT2D eigenvalue weighted by Crippen LogP contribution is -2.48. The largest absolute Gasteiger partial charge is 0.388 e. The molecule has 0 aromatic heterocycles. The van der Waals surface area contributed by atoms with Gasteiger partial charge in [-0.15, -0.1) is 0 Å². The van der Waals surface area contributed by atoms with Crippen molar-refractivity contribution in [2.75, 3.05) is 20.6 Å². The summed E-state index contributed by atoms with van der Waals surface area (Å²) in [5.74, 6) is 0.560. The maximum absolute atomic E-state index is 11.9. The van der Waals surface area contributed by atoms with Gasteiger partial charge in [-0.25, -0.2) is 0 Å². The van der Waals surface area contributed by atoms with Crippen molar-refractivity contribution in [2.45, 2.75) is 58.6 Å². The molecule has 18 heavy (non-hydrogen) atoms. The number of amides is 1. The minimum Gasteiger partial charge on any atom is -0.388 e. The molecule has 0 aliphatic rings. The van der Waals surface area contributed by atoms with Crippen molar-refractivity contribution in [3.05, 3.63) is 0 Å². The molecule has 0 bridgehead atoms. The molecule has 0 aliphatic carbocycles. The van der Waals surface area contributed by atoms with E-state index in [2.05, 4.69) is 19.2 Å². The molecule has 2 N–H and O–H groups in total. The van der Waals surface area contributed by atoms with Gasteiger partial charge < -0.3 is 10.4 Å². The zero-order valence-electron chi connectivity index (χ0n) is 12.8. The van der Waals surface area contributed by atoms with Crippen molar-refractivity contribution in [3.63, 3.8) is 0 Å². The number of nitrogens with one attached hydrogen (secondary N) is 1. The molecule has 1 amide bonds. The van der Waals surface area contributed by atoms with E-state index in [4.69, 9.17) is 0 Å². The number of carbonyl (C=O) groups excluding carboxylic acids is 1. The van der Waals surface area contributed by atoms with Crippen LogP contribution in [-0.4, -0.2) is 48.2 Å². The SMILES string of the molecule is CCC(C(=O)NCC(C)(O)CCC(C)C)N(C)C. The molecule has 108 valence electrons. The van der Waals surface area contributed by atoms with E-state index in [-0.39, 0.29) is 11.9 Å². The second-order valence-corrected chi connectivity index (χ2v) is 6.03. The molecule has 0 aromatic carbocycles. The Bertz CT molecular complexity index is 250. The lowest BCUT2D eigenvalue weighted by atomic mass is 9.95. The lowest BCUT2D eigenvalue weighted by molar-refractivity contribution is -0.126. The monoisotopic (exact) mass is 258 g/mol. The van der Waals surface area contributed by atoms with E-state index in [1.165, 1.54) is 0 Å². The third kappa shape index (κ3) is 6.97. The second kappa shape index (κ2) is 7.74. The van der Waals surface area contributed by atoms with E-state index in [1.54, 1.807) is 6.92 Å². The summed E-state index contributed by atoms with van der Waals surface area (Å²) in [6.07, 6.45) is 2.45. The molecule has 0 rings (SSSR count). The van der Waals surface area contributed by atoms with E-state index < -0.39 is 5.60 Å². The van der Waals surface area contributed by atoms with E-state index >= 15 is 0 Å². The summed E-state index contributed by atoms with van der Waals surface area (Å²) >= 11 is 0. The summed E-state index contributed by atoms with van der Waals surface area (Å²) in [4.78, 5) is 13.8. The van der Waals surface area contributed by atoms with Crippen LogP contribution < -0.4 is 5.32 Å². The molecule has 0 saturated carbocycles. The van der Waals surface area contributed by atoms with Gasteiger partial charge in [0.2, 0.25) is 5.91 Å². The molecule has 2 unspecified atom stereocenters. The summed E-state index contributed by atoms with van der Waals surface area (Å²) < 4.78 is 0. The Morgan fingerprint density at radius 3 is 2.33 bits per heavy atom. The normalized spacial score (nSPS) is 16.7. The van der Waals surface area contributed by atoms with Crippen LogP contribution in [0.5, 0.6) is 0 Å². The number of carbonyl (C=O) groups is 1. The highest BCUT2D eigenvalue weighted by molar-refractivity contribution is 5.81. The first kappa shape index (κ1) is 17.4. The zero-order valence-corrected chi connectivity index (χ0v) is 12.8. The van der Waals surface area contributed by atoms with Crippen molar-refractivity contribution in [2.24, 2.45) is 5.92 Å². The molecule has 0 saturated heterocycles. The summed E-state index contributed by atoms with van der Waals surface area (Å²) in [6.45, 7) is 8.36. The molecule has 4 nitrogen and oxygen atoms in total. The van der Waals surface area contributed by atoms with Gasteiger partial charge in [0.05, 0.1) is 11.6 Å². The fourth-order valence-corrected chi connectivity index (χ4v) is 1.87. The highest BCUT2D eigenvalue weighted by Crippen LogP contribution is 2.15. The maximum atomic E-state index is 11.9. The van der Waals surface area contributed by atoms with Crippen LogP contribution in [-0.2, 0) is 4.79 Å². The molecular weight excluding hydrogens is 228 g/mol. The number of hydrogen-bond acceptors (Lipinski definition) is 3. The Kier molecular flexibility index (Phi) is 7.48. The average Bonchev–Trinajstić information content (AvgIpc) is 2.24. The van der Waals surface area contributed by atoms with Gasteiger partial charge in [-0.1, -0.05) is 20.8 Å². The third-order valence-corrected chi connectivity index (χ3v) is 3.22. The Morgan fingerprint density at radius 1 is 1.39 bits per heavy atom. The topological polar surface area (TPSA) is 52.6 Å². The van der Waals surface area contributed by atoms with Gasteiger partial charge in [0.25, 0.3) is 0 Å². The third-order valence-electron chi connectivity index (χ3n) is 3.22. The number of likely N-dealkylation sites (N-methyl/N-ethyl adjacent to an activating group) is 1. The van der Waals surface area contributed by atoms with E-state index in [0.29, 0.717) is 18.9 Å². The van der Waals surface area contributed by atoms with Crippen LogP contribution in [0.1, 0.15) is 47.0 Å². The van der Waals surface area contributed by atoms with Crippen molar-refractivity contribution in [3.8, 4) is 0 Å². The first-order chi connectivity index (χ1) is 8.19. The van der Waals surface area contributed by atoms with Crippen LogP contribution in [0, 0.1) is 5.92 Å². The van der Waals surface area contributed by atoms with Gasteiger partial charge in [-0.05, 0) is 46.2 Å².